The second-order valence-electron chi connectivity index (χ2n) is 9.39. The van der Waals surface area contributed by atoms with Crippen LogP contribution in [0.25, 0.3) is 10.8 Å². The molecular weight excluding hydrogens is 479 g/mol. The van der Waals surface area contributed by atoms with Crippen molar-refractivity contribution < 1.29 is 4.79 Å². The summed E-state index contributed by atoms with van der Waals surface area (Å²) >= 11 is 12.3. The minimum atomic E-state index is -0.641. The van der Waals surface area contributed by atoms with Crippen LogP contribution in [0.1, 0.15) is 24.0 Å². The molecule has 3 aromatic rings. The molecule has 35 heavy (non-hydrogen) atoms. The average molecular weight is 514 g/mol. The second-order valence-corrected chi connectivity index (χ2v) is 10.2. The van der Waals surface area contributed by atoms with Gasteiger partial charge in [-0.2, -0.15) is 0 Å². The third-order valence-corrected chi connectivity index (χ3v) is 7.48. The molecule has 0 saturated carbocycles. The molecule has 2 unspecified atom stereocenters. The van der Waals surface area contributed by atoms with Crippen LogP contribution in [0.15, 0.2) is 60.7 Å². The molecule has 0 aromatic heterocycles. The predicted molar refractivity (Wildman–Crippen MR) is 146 cm³/mol. The average Bonchev–Trinajstić information content (AvgIpc) is 2.87. The van der Waals surface area contributed by atoms with Crippen LogP contribution in [-0.4, -0.2) is 60.5 Å². The molecule has 3 aromatic carbocycles. The Labute approximate surface area is 218 Å². The van der Waals surface area contributed by atoms with E-state index in [-0.39, 0.29) is 11.9 Å². The number of benzene rings is 3. The molecule has 1 aliphatic rings. The van der Waals surface area contributed by atoms with Gasteiger partial charge in [0.25, 0.3) is 0 Å². The highest BCUT2D eigenvalue weighted by molar-refractivity contribution is 6.35. The second kappa shape index (κ2) is 12.2. The van der Waals surface area contributed by atoms with Crippen LogP contribution in [0.4, 0.5) is 0 Å². The van der Waals surface area contributed by atoms with E-state index in [2.05, 4.69) is 47.4 Å². The first kappa shape index (κ1) is 25.9. The first-order valence-electron chi connectivity index (χ1n) is 12.3. The summed E-state index contributed by atoms with van der Waals surface area (Å²) in [7, 11) is 0. The van der Waals surface area contributed by atoms with Crippen molar-refractivity contribution in [3.63, 3.8) is 0 Å². The number of amides is 1. The van der Waals surface area contributed by atoms with E-state index in [1.165, 1.54) is 16.3 Å². The maximum Gasteiger partial charge on any atom is 0.240 e. The summed E-state index contributed by atoms with van der Waals surface area (Å²) in [6.07, 6.45) is 3.13. The largest absolute Gasteiger partial charge is 0.336 e. The number of nitrogens with two attached hydrogens (primary N) is 2. The molecule has 5 nitrogen and oxygen atoms in total. The molecule has 1 heterocycles. The maximum absolute atomic E-state index is 13.3. The van der Waals surface area contributed by atoms with Crippen LogP contribution in [0.5, 0.6) is 0 Å². The third-order valence-electron chi connectivity index (χ3n) is 6.89. The summed E-state index contributed by atoms with van der Waals surface area (Å²) in [6, 6.07) is 19.9. The molecule has 2 atom stereocenters. The van der Waals surface area contributed by atoms with Gasteiger partial charge in [-0.05, 0) is 66.3 Å². The fourth-order valence-electron chi connectivity index (χ4n) is 4.92. The molecule has 186 valence electrons. The van der Waals surface area contributed by atoms with E-state index in [9.17, 15) is 4.79 Å². The lowest BCUT2D eigenvalue weighted by Crippen LogP contribution is -2.59. The van der Waals surface area contributed by atoms with Crippen LogP contribution in [0.3, 0.4) is 0 Å². The van der Waals surface area contributed by atoms with E-state index in [0.717, 1.165) is 44.5 Å². The number of carbonyl (C=O) groups excluding carboxylic acids is 1. The third kappa shape index (κ3) is 6.75. The highest BCUT2D eigenvalue weighted by atomic mass is 35.5. The van der Waals surface area contributed by atoms with Crippen molar-refractivity contribution in [1.82, 2.24) is 9.80 Å². The molecular formula is C28H34Cl2N4O. The number of nitrogens with zero attached hydrogens (tertiary/aromatic N) is 2. The van der Waals surface area contributed by atoms with E-state index < -0.39 is 6.04 Å². The molecule has 0 radical (unpaired) electrons. The quantitative estimate of drug-likeness (QED) is 0.442. The number of piperazine rings is 1. The summed E-state index contributed by atoms with van der Waals surface area (Å²) in [5, 5.41) is 3.65. The minimum Gasteiger partial charge on any atom is -0.336 e. The Kier molecular flexibility index (Phi) is 9.04. The van der Waals surface area contributed by atoms with Crippen molar-refractivity contribution in [3.8, 4) is 0 Å². The van der Waals surface area contributed by atoms with Crippen LogP contribution in [0.2, 0.25) is 10.0 Å². The van der Waals surface area contributed by atoms with Gasteiger partial charge in [0.2, 0.25) is 5.91 Å². The summed E-state index contributed by atoms with van der Waals surface area (Å²) in [6.45, 7) is 3.93. The highest BCUT2D eigenvalue weighted by Crippen LogP contribution is 2.23. The molecule has 0 aliphatic carbocycles. The summed E-state index contributed by atoms with van der Waals surface area (Å²) in [4.78, 5) is 17.8. The zero-order valence-corrected chi connectivity index (χ0v) is 21.5. The van der Waals surface area contributed by atoms with Gasteiger partial charge in [-0.25, -0.2) is 0 Å². The van der Waals surface area contributed by atoms with Gasteiger partial charge in [0.05, 0.1) is 6.04 Å². The first-order valence-corrected chi connectivity index (χ1v) is 13.1. The number of hydrogen-bond donors (Lipinski definition) is 2. The number of fused-ring (bicyclic) bond motifs is 1. The number of hydrogen-bond acceptors (Lipinski definition) is 4. The smallest absolute Gasteiger partial charge is 0.240 e. The predicted octanol–water partition coefficient (Wildman–Crippen LogP) is 4.51. The Morgan fingerprint density at radius 3 is 2.60 bits per heavy atom. The number of carbonyl (C=O) groups is 1. The molecule has 1 saturated heterocycles. The highest BCUT2D eigenvalue weighted by Gasteiger charge is 2.32. The van der Waals surface area contributed by atoms with Gasteiger partial charge < -0.3 is 16.4 Å². The van der Waals surface area contributed by atoms with Gasteiger partial charge in [0.15, 0.2) is 0 Å². The van der Waals surface area contributed by atoms with E-state index in [0.29, 0.717) is 29.6 Å². The van der Waals surface area contributed by atoms with Gasteiger partial charge in [0, 0.05) is 42.3 Å². The SMILES string of the molecule is NCCCC1CN(CCc2ccc3ccccc3c2)CCN1C(=O)C(N)Cc1ccc(Cl)cc1Cl. The molecule has 1 amide bonds. The van der Waals surface area contributed by atoms with Crippen molar-refractivity contribution in [3.05, 3.63) is 81.8 Å². The zero-order valence-electron chi connectivity index (χ0n) is 20.0. The lowest BCUT2D eigenvalue weighted by molar-refractivity contribution is -0.137. The van der Waals surface area contributed by atoms with Crippen molar-refractivity contribution in [2.24, 2.45) is 11.5 Å². The molecule has 1 aliphatic heterocycles. The molecule has 1 fully saturated rings. The standard InChI is InChI=1S/C28H34Cl2N4O/c29-24-10-9-23(26(30)18-24)17-27(32)28(35)34-15-14-33(19-25(34)6-3-12-31)13-11-20-7-8-21-4-1-2-5-22(21)16-20/h1-2,4-5,7-10,16,18,25,27H,3,6,11-15,17,19,31-32H2. The van der Waals surface area contributed by atoms with Gasteiger partial charge in [-0.1, -0.05) is 71.7 Å². The van der Waals surface area contributed by atoms with Gasteiger partial charge in [0.1, 0.15) is 0 Å². The Balaban J connectivity index is 1.37. The Morgan fingerprint density at radius 2 is 1.83 bits per heavy atom. The van der Waals surface area contributed by atoms with Crippen LogP contribution in [0, 0.1) is 0 Å². The first-order chi connectivity index (χ1) is 16.9. The monoisotopic (exact) mass is 512 g/mol. The van der Waals surface area contributed by atoms with Gasteiger partial charge >= 0.3 is 0 Å². The van der Waals surface area contributed by atoms with Gasteiger partial charge in [-0.15, -0.1) is 0 Å². The Morgan fingerprint density at radius 1 is 1.03 bits per heavy atom. The fourth-order valence-corrected chi connectivity index (χ4v) is 5.41. The zero-order chi connectivity index (χ0) is 24.8. The number of rotatable bonds is 9. The Hall–Kier alpha value is -2.15. The van der Waals surface area contributed by atoms with Crippen LogP contribution < -0.4 is 11.5 Å². The Bertz CT molecular complexity index is 1150. The molecule has 7 heteroatoms. The van der Waals surface area contributed by atoms with Gasteiger partial charge in [-0.3, -0.25) is 9.69 Å². The van der Waals surface area contributed by atoms with E-state index >= 15 is 0 Å². The van der Waals surface area contributed by atoms with Crippen LogP contribution >= 0.6 is 23.2 Å². The lowest BCUT2D eigenvalue weighted by Gasteiger charge is -2.42. The van der Waals surface area contributed by atoms with E-state index in [1.54, 1.807) is 12.1 Å². The normalized spacial score (nSPS) is 17.6. The summed E-state index contributed by atoms with van der Waals surface area (Å²) in [5.41, 5.74) is 14.4. The fraction of sp³-hybridized carbons (Fsp3) is 0.393. The van der Waals surface area contributed by atoms with E-state index in [1.807, 2.05) is 11.0 Å². The number of halogens is 2. The lowest BCUT2D eigenvalue weighted by atomic mass is 10.0. The van der Waals surface area contributed by atoms with Crippen LogP contribution in [-0.2, 0) is 17.6 Å². The van der Waals surface area contributed by atoms with E-state index in [4.69, 9.17) is 34.7 Å². The van der Waals surface area contributed by atoms with Crippen molar-refractivity contribution in [2.75, 3.05) is 32.7 Å². The molecule has 0 bridgehead atoms. The van der Waals surface area contributed by atoms with Crippen molar-refractivity contribution in [1.29, 1.82) is 0 Å². The summed E-state index contributed by atoms with van der Waals surface area (Å²) < 4.78 is 0. The molecule has 4 rings (SSSR count). The van der Waals surface area contributed by atoms with Crippen molar-refractivity contribution in [2.45, 2.75) is 37.8 Å². The summed E-state index contributed by atoms with van der Waals surface area (Å²) in [5.74, 6) is -0.0211. The van der Waals surface area contributed by atoms with Crippen molar-refractivity contribution >= 4 is 39.9 Å². The molecule has 0 spiro atoms. The maximum atomic E-state index is 13.3. The topological polar surface area (TPSA) is 75.6 Å². The molecule has 4 N–H and O–H groups in total. The minimum absolute atomic E-state index is 0.0211.